The molecule has 3 heteroatoms. The number of anilines is 1. The number of amides is 2. The van der Waals surface area contributed by atoms with Gasteiger partial charge in [-0.3, -0.25) is 0 Å². The molecule has 2 amide bonds. The second kappa shape index (κ2) is 4.76. The molecule has 0 fully saturated rings. The van der Waals surface area contributed by atoms with E-state index in [1.807, 2.05) is 18.2 Å². The Bertz CT molecular complexity index is 604. The molecule has 0 aliphatic carbocycles. The van der Waals surface area contributed by atoms with E-state index in [-0.39, 0.29) is 11.9 Å². The molecule has 2 N–H and O–H groups in total. The van der Waals surface area contributed by atoms with Gasteiger partial charge in [0.05, 0.1) is 0 Å². The fourth-order valence-corrected chi connectivity index (χ4v) is 2.48. The first-order valence-corrected chi connectivity index (χ1v) is 6.44. The summed E-state index contributed by atoms with van der Waals surface area (Å²) in [4.78, 5) is 11.7. The van der Waals surface area contributed by atoms with Crippen molar-refractivity contribution in [1.29, 1.82) is 0 Å². The Kier molecular flexibility index (Phi) is 2.95. The van der Waals surface area contributed by atoms with Crippen molar-refractivity contribution in [1.82, 2.24) is 5.32 Å². The van der Waals surface area contributed by atoms with Gasteiger partial charge in [0.1, 0.15) is 0 Å². The van der Waals surface area contributed by atoms with Crippen molar-refractivity contribution in [2.24, 2.45) is 0 Å². The number of para-hydroxylation sites is 1. The summed E-state index contributed by atoms with van der Waals surface area (Å²) in [5, 5.41) is 5.79. The van der Waals surface area contributed by atoms with Crippen LogP contribution in [0.2, 0.25) is 0 Å². The number of carbonyl (C=O) groups is 1. The molecule has 0 saturated heterocycles. The zero-order chi connectivity index (χ0) is 13.2. The predicted octanol–water partition coefficient (Wildman–Crippen LogP) is 3.26. The Labute approximate surface area is 112 Å². The molecule has 0 spiro atoms. The molecule has 1 aliphatic heterocycles. The number of fused-ring (bicyclic) bond motifs is 1. The second-order valence-electron chi connectivity index (χ2n) is 4.89. The summed E-state index contributed by atoms with van der Waals surface area (Å²) in [7, 11) is 0. The van der Waals surface area contributed by atoms with Gasteiger partial charge in [-0.25, -0.2) is 4.79 Å². The Morgan fingerprint density at radius 1 is 1.05 bits per heavy atom. The molecule has 0 aromatic heterocycles. The number of aryl methyl sites for hydroxylation is 1. The Morgan fingerprint density at radius 3 is 2.58 bits per heavy atom. The molecule has 1 unspecified atom stereocenters. The van der Waals surface area contributed by atoms with E-state index in [2.05, 4.69) is 47.9 Å². The van der Waals surface area contributed by atoms with Gasteiger partial charge in [0.2, 0.25) is 0 Å². The normalized spacial score (nSPS) is 17.9. The molecule has 1 atom stereocenters. The lowest BCUT2D eigenvalue weighted by Gasteiger charge is -2.17. The van der Waals surface area contributed by atoms with E-state index in [1.165, 1.54) is 11.1 Å². The van der Waals surface area contributed by atoms with Crippen LogP contribution in [0.25, 0.3) is 0 Å². The Balaban J connectivity index is 2.06. The van der Waals surface area contributed by atoms with Crippen LogP contribution in [0.3, 0.4) is 0 Å². The van der Waals surface area contributed by atoms with Crippen molar-refractivity contribution in [2.45, 2.75) is 12.8 Å². The van der Waals surface area contributed by atoms with Crippen LogP contribution in [0.15, 0.2) is 48.5 Å². The molecule has 2 aromatic rings. The van der Waals surface area contributed by atoms with E-state index in [0.29, 0.717) is 6.54 Å². The fourth-order valence-electron chi connectivity index (χ4n) is 2.48. The van der Waals surface area contributed by atoms with Crippen LogP contribution in [0.1, 0.15) is 22.6 Å². The molecule has 0 saturated carbocycles. The largest absolute Gasteiger partial charge is 0.337 e. The first-order chi connectivity index (χ1) is 9.24. The molecule has 2 aromatic carbocycles. The minimum atomic E-state index is -0.137. The van der Waals surface area contributed by atoms with E-state index in [4.69, 9.17) is 0 Å². The van der Waals surface area contributed by atoms with Crippen molar-refractivity contribution in [2.75, 3.05) is 11.9 Å². The summed E-state index contributed by atoms with van der Waals surface area (Å²) in [6.07, 6.45) is 0. The quantitative estimate of drug-likeness (QED) is 0.803. The highest BCUT2D eigenvalue weighted by molar-refractivity contribution is 5.91. The zero-order valence-electron chi connectivity index (χ0n) is 10.8. The highest BCUT2D eigenvalue weighted by Gasteiger charge is 2.22. The number of nitrogens with one attached hydrogen (secondary N) is 2. The minimum absolute atomic E-state index is 0.137. The lowest BCUT2D eigenvalue weighted by atomic mass is 9.90. The number of hydrogen-bond acceptors (Lipinski definition) is 1. The van der Waals surface area contributed by atoms with Crippen LogP contribution >= 0.6 is 0 Å². The number of carbonyl (C=O) groups excluding carboxylic acids is 1. The summed E-state index contributed by atoms with van der Waals surface area (Å²) in [5.41, 5.74) is 4.52. The second-order valence-corrected chi connectivity index (χ2v) is 4.89. The van der Waals surface area contributed by atoms with Crippen LogP contribution in [0.5, 0.6) is 0 Å². The van der Waals surface area contributed by atoms with E-state index in [9.17, 15) is 4.79 Å². The molecule has 19 heavy (non-hydrogen) atoms. The average Bonchev–Trinajstić information content (AvgIpc) is 2.58. The number of urea groups is 1. The summed E-state index contributed by atoms with van der Waals surface area (Å²) >= 11 is 0. The third-order valence-electron chi connectivity index (χ3n) is 3.53. The van der Waals surface area contributed by atoms with Crippen molar-refractivity contribution >= 4 is 11.7 Å². The highest BCUT2D eigenvalue weighted by Crippen LogP contribution is 2.31. The molecule has 1 aliphatic rings. The molecule has 0 bridgehead atoms. The topological polar surface area (TPSA) is 41.1 Å². The third-order valence-corrected chi connectivity index (χ3v) is 3.53. The Hall–Kier alpha value is -2.29. The van der Waals surface area contributed by atoms with Gasteiger partial charge in [0.15, 0.2) is 0 Å². The molecular formula is C16H16N2O. The summed E-state index contributed by atoms with van der Waals surface area (Å²) in [5.74, 6) is 0.191. The standard InChI is InChI=1S/C16H16N2O/c1-11-6-8-12(9-7-11)14-10-17-16(19)18-15-5-3-2-4-13(14)15/h2-9,14H,10H2,1H3,(H2,17,18,19). The number of hydrogen-bond donors (Lipinski definition) is 2. The van der Waals surface area contributed by atoms with E-state index >= 15 is 0 Å². The van der Waals surface area contributed by atoms with Crippen LogP contribution in [-0.2, 0) is 0 Å². The predicted molar refractivity (Wildman–Crippen MR) is 76.5 cm³/mol. The highest BCUT2D eigenvalue weighted by atomic mass is 16.2. The maximum absolute atomic E-state index is 11.7. The molecule has 96 valence electrons. The number of benzene rings is 2. The summed E-state index contributed by atoms with van der Waals surface area (Å²) in [6.45, 7) is 2.69. The van der Waals surface area contributed by atoms with Crippen LogP contribution < -0.4 is 10.6 Å². The van der Waals surface area contributed by atoms with Crippen molar-refractivity contribution in [3.8, 4) is 0 Å². The van der Waals surface area contributed by atoms with Gasteiger partial charge in [-0.2, -0.15) is 0 Å². The summed E-state index contributed by atoms with van der Waals surface area (Å²) < 4.78 is 0. The molecular weight excluding hydrogens is 236 g/mol. The van der Waals surface area contributed by atoms with Crippen LogP contribution in [0, 0.1) is 6.92 Å². The van der Waals surface area contributed by atoms with Gasteiger partial charge in [0.25, 0.3) is 0 Å². The number of rotatable bonds is 1. The molecule has 3 rings (SSSR count). The maximum Gasteiger partial charge on any atom is 0.319 e. The lowest BCUT2D eigenvalue weighted by molar-refractivity contribution is 0.252. The average molecular weight is 252 g/mol. The SMILES string of the molecule is Cc1ccc(C2CNC(=O)Nc3ccccc32)cc1. The van der Waals surface area contributed by atoms with Gasteiger partial charge in [0, 0.05) is 18.2 Å². The fraction of sp³-hybridized carbons (Fsp3) is 0.188. The van der Waals surface area contributed by atoms with Gasteiger partial charge in [-0.1, -0.05) is 48.0 Å². The molecule has 3 nitrogen and oxygen atoms in total. The van der Waals surface area contributed by atoms with Gasteiger partial charge < -0.3 is 10.6 Å². The smallest absolute Gasteiger partial charge is 0.319 e. The zero-order valence-corrected chi connectivity index (χ0v) is 10.8. The minimum Gasteiger partial charge on any atom is -0.337 e. The van der Waals surface area contributed by atoms with E-state index in [0.717, 1.165) is 11.3 Å². The molecule has 0 radical (unpaired) electrons. The monoisotopic (exact) mass is 252 g/mol. The van der Waals surface area contributed by atoms with Crippen molar-refractivity contribution < 1.29 is 4.79 Å². The lowest BCUT2D eigenvalue weighted by Crippen LogP contribution is -2.29. The first kappa shape index (κ1) is 11.8. The van der Waals surface area contributed by atoms with E-state index < -0.39 is 0 Å². The Morgan fingerprint density at radius 2 is 1.79 bits per heavy atom. The summed E-state index contributed by atoms with van der Waals surface area (Å²) in [6, 6.07) is 16.3. The first-order valence-electron chi connectivity index (χ1n) is 6.44. The van der Waals surface area contributed by atoms with Crippen molar-refractivity contribution in [3.63, 3.8) is 0 Å². The maximum atomic E-state index is 11.7. The van der Waals surface area contributed by atoms with Gasteiger partial charge >= 0.3 is 6.03 Å². The van der Waals surface area contributed by atoms with Crippen LogP contribution in [0.4, 0.5) is 10.5 Å². The molecule has 1 heterocycles. The van der Waals surface area contributed by atoms with Crippen LogP contribution in [-0.4, -0.2) is 12.6 Å². The van der Waals surface area contributed by atoms with Gasteiger partial charge in [-0.15, -0.1) is 0 Å². The van der Waals surface area contributed by atoms with Crippen molar-refractivity contribution in [3.05, 3.63) is 65.2 Å². The van der Waals surface area contributed by atoms with Gasteiger partial charge in [-0.05, 0) is 24.1 Å². The van der Waals surface area contributed by atoms with E-state index in [1.54, 1.807) is 0 Å². The third kappa shape index (κ3) is 2.32.